The number of pyridine rings is 1. The van der Waals surface area contributed by atoms with Crippen molar-refractivity contribution in [3.8, 4) is 5.75 Å². The fourth-order valence-electron chi connectivity index (χ4n) is 0.698. The van der Waals surface area contributed by atoms with Gasteiger partial charge in [-0.3, -0.25) is 4.79 Å². The summed E-state index contributed by atoms with van der Waals surface area (Å²) in [6.07, 6.45) is -2.87. The van der Waals surface area contributed by atoms with Crippen LogP contribution in [0.2, 0.25) is 0 Å². The summed E-state index contributed by atoms with van der Waals surface area (Å²) in [7, 11) is 0. The van der Waals surface area contributed by atoms with Gasteiger partial charge in [0.25, 0.3) is 6.43 Å². The van der Waals surface area contributed by atoms with Gasteiger partial charge in [-0.2, -0.15) is 0 Å². The molecule has 1 aromatic heterocycles. The molecule has 0 atom stereocenters. The van der Waals surface area contributed by atoms with Gasteiger partial charge in [0.05, 0.1) is 3.57 Å². The van der Waals surface area contributed by atoms with Crippen molar-refractivity contribution < 1.29 is 13.9 Å². The third-order valence-electron chi connectivity index (χ3n) is 1.22. The van der Waals surface area contributed by atoms with Crippen molar-refractivity contribution in [2.75, 3.05) is 0 Å². The van der Waals surface area contributed by atoms with Crippen molar-refractivity contribution in [1.29, 1.82) is 0 Å². The summed E-state index contributed by atoms with van der Waals surface area (Å²) in [5.74, 6) is -0.565. The highest BCUT2D eigenvalue weighted by Crippen LogP contribution is 2.28. The van der Waals surface area contributed by atoms with Crippen LogP contribution in [0.1, 0.15) is 12.1 Å². The average Bonchev–Trinajstić information content (AvgIpc) is 1.96. The molecule has 1 rings (SSSR count). The third-order valence-corrected chi connectivity index (χ3v) is 2.04. The fraction of sp³-hybridized carbons (Fsp3) is 0.167. The summed E-state index contributed by atoms with van der Waals surface area (Å²) >= 11 is 1.61. The number of aromatic hydroxyl groups is 1. The number of aromatic amines is 1. The molecule has 0 aliphatic heterocycles. The Bertz CT molecular complexity index is 350. The van der Waals surface area contributed by atoms with E-state index in [4.69, 9.17) is 5.11 Å². The maximum Gasteiger partial charge on any atom is 0.282 e. The van der Waals surface area contributed by atoms with Gasteiger partial charge in [-0.1, -0.05) is 0 Å². The molecule has 1 aromatic rings. The lowest BCUT2D eigenvalue weighted by atomic mass is 10.3. The standard InChI is InChI=1S/C6H4F2INO2/c7-6(8)4-5(12)2(9)1-3(11)10-4/h1,6,12H,(H,10,11). The highest BCUT2D eigenvalue weighted by Gasteiger charge is 2.16. The number of rotatable bonds is 1. The van der Waals surface area contributed by atoms with Crippen LogP contribution in [0.15, 0.2) is 10.9 Å². The maximum absolute atomic E-state index is 12.1. The molecule has 1 heterocycles. The molecule has 0 radical (unpaired) electrons. The Balaban J connectivity index is 3.38. The second-order valence-corrected chi connectivity index (χ2v) is 3.21. The van der Waals surface area contributed by atoms with Crippen molar-refractivity contribution in [2.45, 2.75) is 6.43 Å². The minimum absolute atomic E-state index is 0.117. The molecule has 0 aliphatic rings. The lowest BCUT2D eigenvalue weighted by molar-refractivity contribution is 0.141. The lowest BCUT2D eigenvalue weighted by Crippen LogP contribution is -2.09. The van der Waals surface area contributed by atoms with E-state index < -0.39 is 23.4 Å². The van der Waals surface area contributed by atoms with Crippen LogP contribution in [-0.2, 0) is 0 Å². The Kier molecular flexibility index (Phi) is 2.65. The first-order valence-electron chi connectivity index (χ1n) is 2.92. The zero-order valence-electron chi connectivity index (χ0n) is 5.64. The van der Waals surface area contributed by atoms with Crippen LogP contribution in [0.5, 0.6) is 5.75 Å². The predicted molar refractivity (Wildman–Crippen MR) is 46.4 cm³/mol. The number of hydrogen-bond donors (Lipinski definition) is 2. The van der Waals surface area contributed by atoms with Gasteiger partial charge in [-0.25, -0.2) is 8.78 Å². The number of halogens is 3. The molecule has 6 heteroatoms. The van der Waals surface area contributed by atoms with Crippen molar-refractivity contribution in [1.82, 2.24) is 4.98 Å². The van der Waals surface area contributed by atoms with Gasteiger partial charge < -0.3 is 10.1 Å². The topological polar surface area (TPSA) is 53.1 Å². The number of hydrogen-bond acceptors (Lipinski definition) is 2. The maximum atomic E-state index is 12.1. The zero-order chi connectivity index (χ0) is 9.30. The molecule has 0 saturated carbocycles. The molecule has 3 nitrogen and oxygen atoms in total. The molecule has 0 amide bonds. The smallest absolute Gasteiger partial charge is 0.282 e. The minimum Gasteiger partial charge on any atom is -0.505 e. The minimum atomic E-state index is -2.87. The van der Waals surface area contributed by atoms with Crippen LogP contribution in [0.4, 0.5) is 8.78 Å². The first kappa shape index (κ1) is 9.43. The molecule has 2 N–H and O–H groups in total. The molecular weight excluding hydrogens is 283 g/mol. The quantitative estimate of drug-likeness (QED) is 0.771. The summed E-state index contributed by atoms with van der Waals surface area (Å²) in [5, 5.41) is 9.03. The molecule has 0 bridgehead atoms. The molecule has 0 fully saturated rings. The highest BCUT2D eigenvalue weighted by atomic mass is 127. The van der Waals surface area contributed by atoms with E-state index in [1.165, 1.54) is 0 Å². The van der Waals surface area contributed by atoms with E-state index in [1.54, 1.807) is 22.6 Å². The van der Waals surface area contributed by atoms with E-state index in [2.05, 4.69) is 0 Å². The van der Waals surface area contributed by atoms with Crippen molar-refractivity contribution in [2.24, 2.45) is 0 Å². The lowest BCUT2D eigenvalue weighted by Gasteiger charge is -2.03. The van der Waals surface area contributed by atoms with Crippen LogP contribution in [0.3, 0.4) is 0 Å². The van der Waals surface area contributed by atoms with Crippen molar-refractivity contribution >= 4 is 22.6 Å². The third kappa shape index (κ3) is 1.74. The summed E-state index contributed by atoms with van der Waals surface area (Å²) in [4.78, 5) is 12.5. The number of alkyl halides is 2. The van der Waals surface area contributed by atoms with Gasteiger partial charge in [0.1, 0.15) is 5.69 Å². The summed E-state index contributed by atoms with van der Waals surface area (Å²) in [6.45, 7) is 0. The van der Waals surface area contributed by atoms with E-state index in [-0.39, 0.29) is 3.57 Å². The summed E-state index contributed by atoms with van der Waals surface area (Å²) in [6, 6.07) is 1.04. The Morgan fingerprint density at radius 1 is 1.58 bits per heavy atom. The molecule has 12 heavy (non-hydrogen) atoms. The average molecular weight is 287 g/mol. The highest BCUT2D eigenvalue weighted by molar-refractivity contribution is 14.1. The van der Waals surface area contributed by atoms with Crippen molar-refractivity contribution in [3.05, 3.63) is 25.7 Å². The summed E-state index contributed by atoms with van der Waals surface area (Å²) in [5.41, 5.74) is -1.38. The van der Waals surface area contributed by atoms with Gasteiger partial charge in [-0.05, 0) is 22.6 Å². The number of aromatic nitrogens is 1. The Morgan fingerprint density at radius 3 is 2.67 bits per heavy atom. The predicted octanol–water partition coefficient (Wildman–Crippen LogP) is 1.62. The second kappa shape index (κ2) is 3.38. The van der Waals surface area contributed by atoms with Gasteiger partial charge in [0.2, 0.25) is 5.56 Å². The van der Waals surface area contributed by atoms with E-state index in [0.717, 1.165) is 6.07 Å². The monoisotopic (exact) mass is 287 g/mol. The number of nitrogens with one attached hydrogen (secondary N) is 1. The fourth-order valence-corrected chi connectivity index (χ4v) is 1.27. The van der Waals surface area contributed by atoms with Crippen LogP contribution in [-0.4, -0.2) is 10.1 Å². The normalized spacial score (nSPS) is 10.7. The first-order chi connectivity index (χ1) is 5.52. The van der Waals surface area contributed by atoms with Crippen LogP contribution < -0.4 is 5.56 Å². The molecule has 66 valence electrons. The van der Waals surface area contributed by atoms with E-state index in [0.29, 0.717) is 0 Å². The zero-order valence-corrected chi connectivity index (χ0v) is 7.80. The van der Waals surface area contributed by atoms with E-state index >= 15 is 0 Å². The Morgan fingerprint density at radius 2 is 2.17 bits per heavy atom. The summed E-state index contributed by atoms with van der Waals surface area (Å²) < 4.78 is 24.2. The van der Waals surface area contributed by atoms with Gasteiger partial charge in [0, 0.05) is 6.07 Å². The van der Waals surface area contributed by atoms with E-state index in [9.17, 15) is 13.6 Å². The Labute approximate surface area is 79.6 Å². The molecule has 0 aliphatic carbocycles. The largest absolute Gasteiger partial charge is 0.505 e. The first-order valence-corrected chi connectivity index (χ1v) is 4.00. The van der Waals surface area contributed by atoms with Crippen LogP contribution in [0.25, 0.3) is 0 Å². The molecular formula is C6H4F2INO2. The van der Waals surface area contributed by atoms with E-state index in [1.807, 2.05) is 4.98 Å². The Hall–Kier alpha value is -0.660. The molecule has 0 spiro atoms. The van der Waals surface area contributed by atoms with Crippen molar-refractivity contribution in [3.63, 3.8) is 0 Å². The number of H-pyrrole nitrogens is 1. The molecule has 0 unspecified atom stereocenters. The molecule has 0 aromatic carbocycles. The molecule has 0 saturated heterocycles. The van der Waals surface area contributed by atoms with Crippen LogP contribution >= 0.6 is 22.6 Å². The second-order valence-electron chi connectivity index (χ2n) is 2.04. The van der Waals surface area contributed by atoms with Gasteiger partial charge in [0.15, 0.2) is 5.75 Å². The van der Waals surface area contributed by atoms with Gasteiger partial charge in [-0.15, -0.1) is 0 Å². The SMILES string of the molecule is O=c1cc(I)c(O)c(C(F)F)[nH]1. The van der Waals surface area contributed by atoms with Gasteiger partial charge >= 0.3 is 0 Å². The van der Waals surface area contributed by atoms with Crippen LogP contribution in [0, 0.1) is 3.57 Å².